The Hall–Kier alpha value is -2.90. The Bertz CT molecular complexity index is 1050. The van der Waals surface area contributed by atoms with Gasteiger partial charge in [0, 0.05) is 43.5 Å². The van der Waals surface area contributed by atoms with Crippen LogP contribution < -0.4 is 14.8 Å². The number of anilines is 2. The molecular weight excluding hydrogens is 431 g/mol. The van der Waals surface area contributed by atoms with Gasteiger partial charge in [-0.25, -0.2) is 14.4 Å². The average Bonchev–Trinajstić information content (AvgIpc) is 2.76. The molecule has 32 heavy (non-hydrogen) atoms. The van der Waals surface area contributed by atoms with Gasteiger partial charge >= 0.3 is 0 Å². The highest BCUT2D eigenvalue weighted by atomic mass is 35.5. The van der Waals surface area contributed by atoms with E-state index in [0.29, 0.717) is 5.95 Å². The van der Waals surface area contributed by atoms with Gasteiger partial charge in [-0.05, 0) is 55.8 Å². The molecule has 0 bridgehead atoms. The van der Waals surface area contributed by atoms with E-state index in [1.54, 1.807) is 19.2 Å². The predicted octanol–water partition coefficient (Wildman–Crippen LogP) is 5.14. The van der Waals surface area contributed by atoms with E-state index < -0.39 is 0 Å². The van der Waals surface area contributed by atoms with Crippen LogP contribution in [0.4, 0.5) is 16.0 Å². The van der Waals surface area contributed by atoms with Crippen molar-refractivity contribution in [1.82, 2.24) is 14.9 Å². The molecule has 1 N–H and O–H groups in total. The monoisotopic (exact) mass is 458 g/mol. The summed E-state index contributed by atoms with van der Waals surface area (Å²) in [5.74, 6) is 1.78. The number of fused-ring (bicyclic) bond motifs is 1. The number of hydrogen-bond acceptors (Lipinski definition) is 6. The van der Waals surface area contributed by atoms with Gasteiger partial charge in [-0.3, -0.25) is 4.90 Å². The average molecular weight is 459 g/mol. The van der Waals surface area contributed by atoms with E-state index in [2.05, 4.69) is 26.3 Å². The maximum absolute atomic E-state index is 13.1. The molecule has 0 saturated heterocycles. The lowest BCUT2D eigenvalue weighted by Crippen LogP contribution is -2.31. The lowest BCUT2D eigenvalue weighted by Gasteiger charge is -2.28. The van der Waals surface area contributed by atoms with Gasteiger partial charge in [-0.15, -0.1) is 12.4 Å². The van der Waals surface area contributed by atoms with E-state index in [9.17, 15) is 4.39 Å². The van der Waals surface area contributed by atoms with Crippen LogP contribution in [0.5, 0.6) is 11.5 Å². The fourth-order valence-corrected chi connectivity index (χ4v) is 3.65. The van der Waals surface area contributed by atoms with E-state index >= 15 is 0 Å². The van der Waals surface area contributed by atoms with Gasteiger partial charge in [0.05, 0.1) is 18.9 Å². The Morgan fingerprint density at radius 2 is 1.91 bits per heavy atom. The number of halogens is 2. The van der Waals surface area contributed by atoms with E-state index in [-0.39, 0.29) is 24.3 Å². The number of aromatic nitrogens is 2. The van der Waals surface area contributed by atoms with Gasteiger partial charge in [0.2, 0.25) is 5.95 Å². The summed E-state index contributed by atoms with van der Waals surface area (Å²) in [6, 6.07) is 12.3. The summed E-state index contributed by atoms with van der Waals surface area (Å²) < 4.78 is 24.4. The van der Waals surface area contributed by atoms with Crippen molar-refractivity contribution in [3.8, 4) is 11.5 Å². The molecule has 2 heterocycles. The Labute approximate surface area is 194 Å². The molecule has 4 rings (SSSR count). The Morgan fingerprint density at radius 1 is 1.12 bits per heavy atom. The third-order valence-corrected chi connectivity index (χ3v) is 5.11. The zero-order valence-corrected chi connectivity index (χ0v) is 19.3. The summed E-state index contributed by atoms with van der Waals surface area (Å²) in [6.07, 6.45) is 2.82. The van der Waals surface area contributed by atoms with Crippen molar-refractivity contribution in [3.63, 3.8) is 0 Å². The van der Waals surface area contributed by atoms with E-state index in [4.69, 9.17) is 9.47 Å². The zero-order chi connectivity index (χ0) is 21.8. The third kappa shape index (κ3) is 5.87. The molecule has 0 radical (unpaired) electrons. The first-order chi connectivity index (χ1) is 15.0. The second kappa shape index (κ2) is 10.6. The second-order valence-corrected chi connectivity index (χ2v) is 7.91. The standard InChI is InChI=1S/C24H27FN4O2.ClH/c1-16(2)31-22-9-4-17(12-23(22)30-3)14-29-11-10-21-18(15-29)13-26-24(28-21)27-20-7-5-19(25)6-8-20;/h4-9,12-13,16H,10-11,14-15H2,1-3H3,(H,26,27,28);1H. The summed E-state index contributed by atoms with van der Waals surface area (Å²) in [6.45, 7) is 6.51. The van der Waals surface area contributed by atoms with Crippen molar-refractivity contribution >= 4 is 24.0 Å². The molecular formula is C24H28ClFN4O2. The largest absolute Gasteiger partial charge is 0.493 e. The van der Waals surface area contributed by atoms with Crippen LogP contribution in [-0.2, 0) is 19.5 Å². The fraction of sp³-hybridized carbons (Fsp3) is 0.333. The molecule has 0 unspecified atom stereocenters. The van der Waals surface area contributed by atoms with Gasteiger partial charge in [0.15, 0.2) is 11.5 Å². The summed E-state index contributed by atoms with van der Waals surface area (Å²) in [5.41, 5.74) is 4.11. The zero-order valence-electron chi connectivity index (χ0n) is 18.5. The molecule has 8 heteroatoms. The molecule has 0 aliphatic carbocycles. The van der Waals surface area contributed by atoms with Crippen LogP contribution in [0.2, 0.25) is 0 Å². The fourth-order valence-electron chi connectivity index (χ4n) is 3.65. The number of methoxy groups -OCH3 is 1. The van der Waals surface area contributed by atoms with Crippen LogP contribution in [0, 0.1) is 5.82 Å². The van der Waals surface area contributed by atoms with Crippen molar-refractivity contribution in [2.45, 2.75) is 39.5 Å². The minimum Gasteiger partial charge on any atom is -0.493 e. The number of nitrogens with one attached hydrogen (secondary N) is 1. The van der Waals surface area contributed by atoms with Gasteiger partial charge < -0.3 is 14.8 Å². The van der Waals surface area contributed by atoms with Gasteiger partial charge in [-0.1, -0.05) is 6.07 Å². The van der Waals surface area contributed by atoms with Crippen molar-refractivity contribution in [3.05, 3.63) is 71.3 Å². The van der Waals surface area contributed by atoms with E-state index in [1.807, 2.05) is 32.2 Å². The second-order valence-electron chi connectivity index (χ2n) is 7.91. The topological polar surface area (TPSA) is 59.5 Å². The number of ether oxygens (including phenoxy) is 2. The first-order valence-electron chi connectivity index (χ1n) is 10.4. The quantitative estimate of drug-likeness (QED) is 0.529. The van der Waals surface area contributed by atoms with Crippen LogP contribution in [-0.4, -0.2) is 34.6 Å². The van der Waals surface area contributed by atoms with Crippen molar-refractivity contribution < 1.29 is 13.9 Å². The molecule has 1 aliphatic heterocycles. The number of rotatable bonds is 7. The van der Waals surface area contributed by atoms with Gasteiger partial charge in [0.25, 0.3) is 0 Å². The maximum Gasteiger partial charge on any atom is 0.227 e. The lowest BCUT2D eigenvalue weighted by molar-refractivity contribution is 0.228. The van der Waals surface area contributed by atoms with Crippen molar-refractivity contribution in [2.75, 3.05) is 19.0 Å². The highest BCUT2D eigenvalue weighted by Gasteiger charge is 2.19. The number of hydrogen-bond donors (Lipinski definition) is 1. The van der Waals surface area contributed by atoms with E-state index in [0.717, 1.165) is 54.5 Å². The van der Waals surface area contributed by atoms with Crippen molar-refractivity contribution in [1.29, 1.82) is 0 Å². The highest BCUT2D eigenvalue weighted by Crippen LogP contribution is 2.30. The summed E-state index contributed by atoms with van der Waals surface area (Å²) in [7, 11) is 1.67. The normalized spacial score (nSPS) is 13.3. The first kappa shape index (κ1) is 23.8. The summed E-state index contributed by atoms with van der Waals surface area (Å²) in [5, 5.41) is 3.14. The molecule has 0 amide bonds. The molecule has 0 saturated carbocycles. The highest BCUT2D eigenvalue weighted by molar-refractivity contribution is 5.85. The van der Waals surface area contributed by atoms with E-state index in [1.165, 1.54) is 17.7 Å². The smallest absolute Gasteiger partial charge is 0.227 e. The first-order valence-corrected chi connectivity index (χ1v) is 10.4. The molecule has 0 atom stereocenters. The summed E-state index contributed by atoms with van der Waals surface area (Å²) in [4.78, 5) is 11.5. The molecule has 0 fully saturated rings. The molecule has 3 aromatic rings. The van der Waals surface area contributed by atoms with Crippen LogP contribution in [0.1, 0.15) is 30.7 Å². The number of benzene rings is 2. The molecule has 0 spiro atoms. The minimum absolute atomic E-state index is 0. The predicted molar refractivity (Wildman–Crippen MR) is 126 cm³/mol. The SMILES string of the molecule is COc1cc(CN2CCc3nc(Nc4ccc(F)cc4)ncc3C2)ccc1OC(C)C.Cl. The lowest BCUT2D eigenvalue weighted by atomic mass is 10.1. The Kier molecular flexibility index (Phi) is 7.88. The van der Waals surface area contributed by atoms with Crippen LogP contribution in [0.15, 0.2) is 48.7 Å². The molecule has 170 valence electrons. The van der Waals surface area contributed by atoms with Crippen LogP contribution in [0.25, 0.3) is 0 Å². The molecule has 6 nitrogen and oxygen atoms in total. The third-order valence-electron chi connectivity index (χ3n) is 5.11. The minimum atomic E-state index is -0.267. The Morgan fingerprint density at radius 3 is 2.62 bits per heavy atom. The maximum atomic E-state index is 13.1. The summed E-state index contributed by atoms with van der Waals surface area (Å²) >= 11 is 0. The molecule has 1 aliphatic rings. The van der Waals surface area contributed by atoms with Crippen LogP contribution in [0.3, 0.4) is 0 Å². The van der Waals surface area contributed by atoms with Gasteiger partial charge in [-0.2, -0.15) is 0 Å². The van der Waals surface area contributed by atoms with Crippen LogP contribution >= 0.6 is 12.4 Å². The molecule has 2 aromatic carbocycles. The Balaban J connectivity index is 0.00000289. The molecule has 1 aromatic heterocycles. The number of nitrogens with zero attached hydrogens (tertiary/aromatic N) is 3. The van der Waals surface area contributed by atoms with Crippen molar-refractivity contribution in [2.24, 2.45) is 0 Å². The van der Waals surface area contributed by atoms with Gasteiger partial charge in [0.1, 0.15) is 5.82 Å².